The number of carbonyl (C=O) groups excluding carboxylic acids is 1. The van der Waals surface area contributed by atoms with Crippen molar-refractivity contribution in [3.8, 4) is 0 Å². The van der Waals surface area contributed by atoms with Gasteiger partial charge in [0.1, 0.15) is 6.61 Å². The highest BCUT2D eigenvalue weighted by atomic mass is 31.2. The molecule has 1 N–H and O–H groups in total. The second-order valence-corrected chi connectivity index (χ2v) is 10.6. The zero-order chi connectivity index (χ0) is 24.5. The van der Waals surface area contributed by atoms with Crippen LogP contribution in [0.3, 0.4) is 0 Å². The maximum Gasteiger partial charge on any atom is 0.335 e. The Morgan fingerprint density at radius 3 is 1.71 bits per heavy atom. The van der Waals surface area contributed by atoms with E-state index in [0.29, 0.717) is 16.2 Å². The molecule has 1 atom stereocenters. The fourth-order valence-electron chi connectivity index (χ4n) is 3.93. The first-order chi connectivity index (χ1) is 17.1. The first-order valence-corrected chi connectivity index (χ1v) is 13.2. The maximum absolute atomic E-state index is 14.7. The summed E-state index contributed by atoms with van der Waals surface area (Å²) in [5.41, 5.74) is 2.13. The van der Waals surface area contributed by atoms with E-state index in [4.69, 9.17) is 4.74 Å². The molecule has 4 rings (SSSR count). The summed E-state index contributed by atoms with van der Waals surface area (Å²) in [4.78, 5) is 13.3. The highest BCUT2D eigenvalue weighted by Gasteiger charge is 2.34. The molecule has 176 valence electrons. The average molecular weight is 482 g/mol. The third-order valence-corrected chi connectivity index (χ3v) is 8.43. The topological polar surface area (TPSA) is 55.4 Å². The monoisotopic (exact) mass is 481 g/mol. The lowest BCUT2D eigenvalue weighted by atomic mass is 9.99. The third-order valence-electron chi connectivity index (χ3n) is 5.75. The molecule has 0 aliphatic rings. The zero-order valence-electron chi connectivity index (χ0n) is 19.6. The van der Waals surface area contributed by atoms with Crippen molar-refractivity contribution < 1.29 is 14.1 Å². The van der Waals surface area contributed by atoms with Gasteiger partial charge in [-0.3, -0.25) is 4.57 Å². The Balaban J connectivity index is 1.73. The van der Waals surface area contributed by atoms with Crippen LogP contribution >= 0.6 is 7.29 Å². The van der Waals surface area contributed by atoms with Crippen molar-refractivity contribution >= 4 is 23.9 Å². The summed E-state index contributed by atoms with van der Waals surface area (Å²) < 4.78 is 20.4. The number of benzene rings is 4. The largest absolute Gasteiger partial charge is 0.457 e. The lowest BCUT2D eigenvalue weighted by Gasteiger charge is -2.28. The van der Waals surface area contributed by atoms with Crippen LogP contribution in [0.2, 0.25) is 0 Å². The Kier molecular flexibility index (Phi) is 8.10. The van der Waals surface area contributed by atoms with E-state index in [1.54, 1.807) is 13.0 Å². The number of allylic oxidation sites excluding steroid dienone is 1. The lowest BCUT2D eigenvalue weighted by molar-refractivity contribution is -0.140. The van der Waals surface area contributed by atoms with E-state index >= 15 is 0 Å². The summed E-state index contributed by atoms with van der Waals surface area (Å²) >= 11 is 0. The number of esters is 1. The first kappa shape index (κ1) is 24.4. The number of hydrogen-bond donors (Lipinski definition) is 1. The number of hydrogen-bond acceptors (Lipinski definition) is 3. The fourth-order valence-corrected chi connectivity index (χ4v) is 6.37. The van der Waals surface area contributed by atoms with Crippen LogP contribution < -0.4 is 15.7 Å². The van der Waals surface area contributed by atoms with Gasteiger partial charge in [0, 0.05) is 10.6 Å². The Labute approximate surface area is 206 Å². The van der Waals surface area contributed by atoms with Gasteiger partial charge in [0.15, 0.2) is 0 Å². The van der Waals surface area contributed by atoms with Crippen molar-refractivity contribution in [1.82, 2.24) is 5.09 Å². The van der Waals surface area contributed by atoms with Gasteiger partial charge in [0.2, 0.25) is 7.29 Å². The van der Waals surface area contributed by atoms with E-state index < -0.39 is 19.3 Å². The third kappa shape index (κ3) is 5.86. The number of ether oxygens (including phenoxy) is 1. The fraction of sp³-hybridized carbons (Fsp3) is 0.100. The van der Waals surface area contributed by atoms with Gasteiger partial charge in [-0.25, -0.2) is 9.88 Å². The van der Waals surface area contributed by atoms with E-state index in [9.17, 15) is 9.36 Å². The molecule has 1 unspecified atom stereocenters. The summed E-state index contributed by atoms with van der Waals surface area (Å²) in [5.74, 6) is -0.453. The molecule has 35 heavy (non-hydrogen) atoms. The molecule has 0 aromatic heterocycles. The molecule has 0 saturated carbocycles. The molecular formula is C30H28NO3P. The molecule has 4 aromatic carbocycles. The van der Waals surface area contributed by atoms with Gasteiger partial charge in [-0.2, -0.15) is 0 Å². The summed E-state index contributed by atoms with van der Waals surface area (Å²) in [6, 6.07) is 37.2. The molecule has 0 spiro atoms. The van der Waals surface area contributed by atoms with Crippen LogP contribution in [0, 0.1) is 0 Å². The molecule has 0 bridgehead atoms. The molecule has 0 saturated heterocycles. The minimum absolute atomic E-state index is 0.160. The number of nitrogens with one attached hydrogen (secondary N) is 1. The van der Waals surface area contributed by atoms with E-state index in [1.807, 2.05) is 121 Å². The predicted molar refractivity (Wildman–Crippen MR) is 142 cm³/mol. The Morgan fingerprint density at radius 1 is 0.771 bits per heavy atom. The van der Waals surface area contributed by atoms with Gasteiger partial charge in [-0.15, -0.1) is 0 Å². The smallest absolute Gasteiger partial charge is 0.335 e. The van der Waals surface area contributed by atoms with Crippen molar-refractivity contribution in [1.29, 1.82) is 0 Å². The summed E-state index contributed by atoms with van der Waals surface area (Å²) in [5, 5.41) is 4.73. The molecule has 4 aromatic rings. The van der Waals surface area contributed by atoms with Crippen LogP contribution in [0.4, 0.5) is 0 Å². The van der Waals surface area contributed by atoms with Gasteiger partial charge in [0.05, 0.1) is 11.6 Å². The van der Waals surface area contributed by atoms with E-state index in [2.05, 4.69) is 5.09 Å². The first-order valence-electron chi connectivity index (χ1n) is 11.5. The quantitative estimate of drug-likeness (QED) is 0.183. The van der Waals surface area contributed by atoms with Crippen molar-refractivity contribution in [2.45, 2.75) is 19.6 Å². The molecule has 0 heterocycles. The highest BCUT2D eigenvalue weighted by Crippen LogP contribution is 2.43. The zero-order valence-corrected chi connectivity index (χ0v) is 20.5. The molecule has 5 heteroatoms. The van der Waals surface area contributed by atoms with Crippen molar-refractivity contribution in [2.24, 2.45) is 0 Å². The number of carbonyl (C=O) groups is 1. The van der Waals surface area contributed by atoms with Crippen molar-refractivity contribution in [3.63, 3.8) is 0 Å². The van der Waals surface area contributed by atoms with Gasteiger partial charge in [-0.05, 0) is 42.3 Å². The second-order valence-electron chi connectivity index (χ2n) is 8.06. The molecule has 0 amide bonds. The van der Waals surface area contributed by atoms with E-state index in [-0.39, 0.29) is 6.61 Å². The molecular weight excluding hydrogens is 453 g/mol. The van der Waals surface area contributed by atoms with Crippen LogP contribution in [-0.4, -0.2) is 5.97 Å². The molecule has 4 nitrogen and oxygen atoms in total. The lowest BCUT2D eigenvalue weighted by Crippen LogP contribution is -2.33. The Hall–Kier alpha value is -3.72. The summed E-state index contributed by atoms with van der Waals surface area (Å²) in [6.45, 7) is 1.96. The minimum atomic E-state index is -3.33. The van der Waals surface area contributed by atoms with Crippen LogP contribution in [0.25, 0.3) is 0 Å². The van der Waals surface area contributed by atoms with Crippen molar-refractivity contribution in [2.75, 3.05) is 0 Å². The molecule has 0 aliphatic heterocycles. The average Bonchev–Trinajstić information content (AvgIpc) is 2.93. The Morgan fingerprint density at radius 2 is 1.23 bits per heavy atom. The molecule has 0 aliphatic carbocycles. The normalized spacial score (nSPS) is 12.7. The summed E-state index contributed by atoms with van der Waals surface area (Å²) in [7, 11) is -3.33. The highest BCUT2D eigenvalue weighted by molar-refractivity contribution is 7.76. The van der Waals surface area contributed by atoms with Crippen LogP contribution in [0.5, 0.6) is 0 Å². The van der Waals surface area contributed by atoms with Crippen LogP contribution in [0.15, 0.2) is 133 Å². The van der Waals surface area contributed by atoms with E-state index in [1.165, 1.54) is 0 Å². The van der Waals surface area contributed by atoms with Crippen LogP contribution in [-0.2, 0) is 20.7 Å². The standard InChI is InChI=1S/C30H28NO3P/c1-2-28(30(32)34-23-24-15-7-3-8-16-24)29(25-17-9-4-10-18-25)31-35(33,26-19-11-5-12-20-26)27-21-13-6-14-22-27/h2-22,29H,23H2,1H3,(H,31,33)/b28-2-. The number of rotatable bonds is 9. The predicted octanol–water partition coefficient (Wildman–Crippen LogP) is 5.94. The second kappa shape index (κ2) is 11.6. The maximum atomic E-state index is 14.7. The van der Waals surface area contributed by atoms with Gasteiger partial charge in [-0.1, -0.05) is 103 Å². The SMILES string of the molecule is C/C=C(\C(=O)OCc1ccccc1)C(NP(=O)(c1ccccc1)c1ccccc1)c1ccccc1. The van der Waals surface area contributed by atoms with Gasteiger partial charge >= 0.3 is 5.97 Å². The van der Waals surface area contributed by atoms with Crippen molar-refractivity contribution in [3.05, 3.63) is 144 Å². The van der Waals surface area contributed by atoms with Gasteiger partial charge < -0.3 is 4.74 Å². The Bertz CT molecular complexity index is 1260. The summed E-state index contributed by atoms with van der Waals surface area (Å²) in [6.07, 6.45) is 1.73. The van der Waals surface area contributed by atoms with E-state index in [0.717, 1.165) is 11.1 Å². The van der Waals surface area contributed by atoms with Gasteiger partial charge in [0.25, 0.3) is 0 Å². The molecule has 0 fully saturated rings. The molecule has 0 radical (unpaired) electrons. The minimum Gasteiger partial charge on any atom is -0.457 e. The van der Waals surface area contributed by atoms with Crippen LogP contribution in [0.1, 0.15) is 24.1 Å².